The molecule has 1 aliphatic heterocycles. The van der Waals surface area contributed by atoms with E-state index in [4.69, 9.17) is 16.3 Å². The predicted octanol–water partition coefficient (Wildman–Crippen LogP) is 1.89. The van der Waals surface area contributed by atoms with E-state index in [0.717, 1.165) is 32.4 Å². The third-order valence-electron chi connectivity index (χ3n) is 2.73. The van der Waals surface area contributed by atoms with Gasteiger partial charge in [-0.25, -0.2) is 0 Å². The summed E-state index contributed by atoms with van der Waals surface area (Å²) < 4.78 is 5.23. The molecule has 0 aromatic rings. The van der Waals surface area contributed by atoms with Gasteiger partial charge in [-0.2, -0.15) is 0 Å². The van der Waals surface area contributed by atoms with Crippen LogP contribution in [0.2, 0.25) is 0 Å². The number of alkyl halides is 1. The molecule has 15 heavy (non-hydrogen) atoms. The molecule has 88 valence electrons. The molecule has 0 N–H and O–H groups in total. The molecule has 1 heterocycles. The van der Waals surface area contributed by atoms with Crippen molar-refractivity contribution in [2.75, 3.05) is 32.2 Å². The van der Waals surface area contributed by atoms with Crippen molar-refractivity contribution in [3.8, 4) is 0 Å². The van der Waals surface area contributed by atoms with Gasteiger partial charge in [0.1, 0.15) is 6.61 Å². The normalized spacial score (nSPS) is 20.9. The highest BCUT2D eigenvalue weighted by Crippen LogP contribution is 2.19. The maximum Gasteiger partial charge on any atom is 0.248 e. The van der Waals surface area contributed by atoms with Crippen LogP contribution in [0, 0.1) is 5.92 Å². The molecule has 1 aliphatic rings. The van der Waals surface area contributed by atoms with Crippen LogP contribution in [0.4, 0.5) is 0 Å². The number of hydrogen-bond acceptors (Lipinski definition) is 2. The molecular formula is C11H20ClNO2. The van der Waals surface area contributed by atoms with Crippen molar-refractivity contribution in [2.45, 2.75) is 26.2 Å². The van der Waals surface area contributed by atoms with E-state index in [1.165, 1.54) is 0 Å². The topological polar surface area (TPSA) is 29.5 Å². The van der Waals surface area contributed by atoms with E-state index in [9.17, 15) is 4.79 Å². The minimum Gasteiger partial charge on any atom is -0.372 e. The van der Waals surface area contributed by atoms with Gasteiger partial charge in [0.15, 0.2) is 0 Å². The Hall–Kier alpha value is -0.280. The summed E-state index contributed by atoms with van der Waals surface area (Å²) in [5.41, 5.74) is 0. The van der Waals surface area contributed by atoms with E-state index >= 15 is 0 Å². The van der Waals surface area contributed by atoms with E-state index in [1.807, 2.05) is 11.8 Å². The Morgan fingerprint density at radius 3 is 3.07 bits per heavy atom. The Labute approximate surface area is 96.7 Å². The molecule has 1 amide bonds. The third kappa shape index (κ3) is 4.39. The molecule has 1 rings (SSSR count). The number of ether oxygens (including phenoxy) is 1. The van der Waals surface area contributed by atoms with E-state index in [2.05, 4.69) is 0 Å². The van der Waals surface area contributed by atoms with Crippen molar-refractivity contribution in [3.63, 3.8) is 0 Å². The fourth-order valence-corrected chi connectivity index (χ4v) is 2.15. The average Bonchev–Trinajstić information content (AvgIpc) is 2.67. The summed E-state index contributed by atoms with van der Waals surface area (Å²) in [7, 11) is 0. The second-order valence-electron chi connectivity index (χ2n) is 4.02. The molecule has 3 nitrogen and oxygen atoms in total. The van der Waals surface area contributed by atoms with Crippen LogP contribution in [0.15, 0.2) is 0 Å². The monoisotopic (exact) mass is 233 g/mol. The van der Waals surface area contributed by atoms with Crippen molar-refractivity contribution in [2.24, 2.45) is 5.92 Å². The molecular weight excluding hydrogens is 214 g/mol. The summed E-state index contributed by atoms with van der Waals surface area (Å²) >= 11 is 5.68. The summed E-state index contributed by atoms with van der Waals surface area (Å²) in [4.78, 5) is 13.5. The molecule has 0 radical (unpaired) electrons. The zero-order valence-corrected chi connectivity index (χ0v) is 10.1. The van der Waals surface area contributed by atoms with Crippen LogP contribution in [-0.2, 0) is 9.53 Å². The first-order chi connectivity index (χ1) is 7.27. The van der Waals surface area contributed by atoms with Crippen LogP contribution in [-0.4, -0.2) is 43.0 Å². The molecule has 0 aromatic heterocycles. The molecule has 0 aliphatic carbocycles. The zero-order chi connectivity index (χ0) is 11.1. The van der Waals surface area contributed by atoms with Crippen LogP contribution in [0.3, 0.4) is 0 Å². The number of halogens is 1. The summed E-state index contributed by atoms with van der Waals surface area (Å²) in [5, 5.41) is 0. The van der Waals surface area contributed by atoms with Gasteiger partial charge in [-0.15, -0.1) is 11.6 Å². The molecule has 0 spiro atoms. The molecule has 1 atom stereocenters. The van der Waals surface area contributed by atoms with Crippen LogP contribution < -0.4 is 0 Å². The number of carbonyl (C=O) groups excluding carboxylic acids is 1. The number of likely N-dealkylation sites (tertiary alicyclic amines) is 1. The Morgan fingerprint density at radius 1 is 1.60 bits per heavy atom. The van der Waals surface area contributed by atoms with Crippen LogP contribution in [0.1, 0.15) is 26.2 Å². The Balaban J connectivity index is 2.18. The maximum atomic E-state index is 11.6. The lowest BCUT2D eigenvalue weighted by Crippen LogP contribution is -2.32. The van der Waals surface area contributed by atoms with Gasteiger partial charge >= 0.3 is 0 Å². The second kappa shape index (κ2) is 7.07. The minimum atomic E-state index is 0.125. The van der Waals surface area contributed by atoms with Gasteiger partial charge in [-0.05, 0) is 25.2 Å². The minimum absolute atomic E-state index is 0.125. The van der Waals surface area contributed by atoms with E-state index < -0.39 is 0 Å². The second-order valence-corrected chi connectivity index (χ2v) is 4.40. The lowest BCUT2D eigenvalue weighted by Gasteiger charge is -2.16. The largest absolute Gasteiger partial charge is 0.372 e. The number of hydrogen-bond donors (Lipinski definition) is 0. The number of carbonyl (C=O) groups is 1. The fraction of sp³-hybridized carbons (Fsp3) is 0.909. The van der Waals surface area contributed by atoms with Crippen LogP contribution >= 0.6 is 11.6 Å². The predicted molar refractivity (Wildman–Crippen MR) is 61.1 cm³/mol. The molecule has 1 unspecified atom stereocenters. The van der Waals surface area contributed by atoms with Crippen molar-refractivity contribution >= 4 is 17.5 Å². The van der Waals surface area contributed by atoms with Gasteiger partial charge in [-0.3, -0.25) is 4.79 Å². The lowest BCUT2D eigenvalue weighted by molar-refractivity contribution is -0.135. The Kier molecular flexibility index (Phi) is 6.03. The SMILES string of the molecule is CCCOCC(=O)N1CCC(CCCl)C1. The summed E-state index contributed by atoms with van der Waals surface area (Å²) in [6, 6.07) is 0. The highest BCUT2D eigenvalue weighted by Gasteiger charge is 2.25. The van der Waals surface area contributed by atoms with Gasteiger partial charge in [0.05, 0.1) is 0 Å². The number of nitrogens with zero attached hydrogens (tertiary/aromatic N) is 1. The van der Waals surface area contributed by atoms with Gasteiger partial charge in [-0.1, -0.05) is 6.92 Å². The van der Waals surface area contributed by atoms with Gasteiger partial charge < -0.3 is 9.64 Å². The van der Waals surface area contributed by atoms with Gasteiger partial charge in [0, 0.05) is 25.6 Å². The third-order valence-corrected chi connectivity index (χ3v) is 2.95. The quantitative estimate of drug-likeness (QED) is 0.518. The summed E-state index contributed by atoms with van der Waals surface area (Å²) in [6.45, 7) is 4.68. The molecule has 1 saturated heterocycles. The summed E-state index contributed by atoms with van der Waals surface area (Å²) in [5.74, 6) is 1.41. The lowest BCUT2D eigenvalue weighted by atomic mass is 10.1. The smallest absolute Gasteiger partial charge is 0.248 e. The fourth-order valence-electron chi connectivity index (χ4n) is 1.84. The first-order valence-corrected chi connectivity index (χ1v) is 6.22. The van der Waals surface area contributed by atoms with E-state index in [-0.39, 0.29) is 12.5 Å². The number of amides is 1. The molecule has 0 saturated carbocycles. The first kappa shape index (κ1) is 12.8. The standard InChI is InChI=1S/C11H20ClNO2/c1-2-7-15-9-11(14)13-6-4-10(8-13)3-5-12/h10H,2-9H2,1H3. The van der Waals surface area contributed by atoms with Crippen LogP contribution in [0.25, 0.3) is 0 Å². The zero-order valence-electron chi connectivity index (χ0n) is 9.38. The molecule has 1 fully saturated rings. The van der Waals surface area contributed by atoms with Gasteiger partial charge in [0.25, 0.3) is 0 Å². The van der Waals surface area contributed by atoms with Crippen LogP contribution in [0.5, 0.6) is 0 Å². The first-order valence-electron chi connectivity index (χ1n) is 5.69. The molecule has 0 aromatic carbocycles. The van der Waals surface area contributed by atoms with Gasteiger partial charge in [0.2, 0.25) is 5.91 Å². The Bertz CT molecular complexity index is 199. The van der Waals surface area contributed by atoms with E-state index in [0.29, 0.717) is 18.4 Å². The number of rotatable bonds is 6. The summed E-state index contributed by atoms with van der Waals surface area (Å²) in [6.07, 6.45) is 3.07. The maximum absolute atomic E-state index is 11.6. The van der Waals surface area contributed by atoms with Crippen molar-refractivity contribution in [3.05, 3.63) is 0 Å². The van der Waals surface area contributed by atoms with E-state index in [1.54, 1.807) is 0 Å². The Morgan fingerprint density at radius 2 is 2.40 bits per heavy atom. The average molecular weight is 234 g/mol. The molecule has 4 heteroatoms. The van der Waals surface area contributed by atoms with Crippen molar-refractivity contribution < 1.29 is 9.53 Å². The highest BCUT2D eigenvalue weighted by molar-refractivity contribution is 6.17. The van der Waals surface area contributed by atoms with Crippen molar-refractivity contribution in [1.29, 1.82) is 0 Å². The highest BCUT2D eigenvalue weighted by atomic mass is 35.5. The molecule has 0 bridgehead atoms. The van der Waals surface area contributed by atoms with Crippen molar-refractivity contribution in [1.82, 2.24) is 4.90 Å².